The molecule has 2 aromatic heterocycles. The average molecular weight is 649 g/mol. The van der Waals surface area contributed by atoms with Gasteiger partial charge in [0.15, 0.2) is 23.8 Å². The molecule has 2 N–H and O–H groups in total. The third-order valence-electron chi connectivity index (χ3n) is 8.06. The zero-order chi connectivity index (χ0) is 32.7. The summed E-state index contributed by atoms with van der Waals surface area (Å²) < 4.78 is 23.2. The molecule has 15 heteroatoms. The van der Waals surface area contributed by atoms with Gasteiger partial charge in [-0.15, -0.1) is 11.6 Å². The summed E-state index contributed by atoms with van der Waals surface area (Å²) in [5.74, 6) is 0.651. The Balaban J connectivity index is 1.35. The van der Waals surface area contributed by atoms with E-state index in [1.54, 1.807) is 23.1 Å². The van der Waals surface area contributed by atoms with E-state index in [4.69, 9.17) is 30.5 Å². The number of anilines is 2. The van der Waals surface area contributed by atoms with Crippen molar-refractivity contribution in [2.45, 2.75) is 12.5 Å². The highest BCUT2D eigenvalue weighted by Gasteiger charge is 2.36. The molecule has 1 atom stereocenters. The first-order valence-corrected chi connectivity index (χ1v) is 14.6. The lowest BCUT2D eigenvalue weighted by molar-refractivity contribution is -0.396. The van der Waals surface area contributed by atoms with Gasteiger partial charge in [0.2, 0.25) is 5.75 Å². The molecule has 0 spiro atoms. The summed E-state index contributed by atoms with van der Waals surface area (Å²) >= 11 is 6.45. The van der Waals surface area contributed by atoms with E-state index < -0.39 is 11.0 Å². The van der Waals surface area contributed by atoms with E-state index >= 15 is 0 Å². The van der Waals surface area contributed by atoms with Crippen molar-refractivity contribution >= 4 is 62.6 Å². The van der Waals surface area contributed by atoms with Crippen molar-refractivity contribution in [3.63, 3.8) is 0 Å². The highest BCUT2D eigenvalue weighted by Crippen LogP contribution is 2.46. The molecule has 3 heterocycles. The molecule has 0 fully saturated rings. The van der Waals surface area contributed by atoms with E-state index in [0.717, 1.165) is 16.3 Å². The molecule has 1 aliphatic rings. The fourth-order valence-corrected chi connectivity index (χ4v) is 6.15. The number of ether oxygens (including phenoxy) is 4. The number of rotatable bonds is 9. The van der Waals surface area contributed by atoms with Crippen molar-refractivity contribution in [2.75, 3.05) is 44.0 Å². The first kappa shape index (κ1) is 30.5. The second-order valence-corrected chi connectivity index (χ2v) is 10.8. The van der Waals surface area contributed by atoms with E-state index in [0.29, 0.717) is 57.5 Å². The summed E-state index contributed by atoms with van der Waals surface area (Å²) in [6.45, 7) is 0.0678. The van der Waals surface area contributed by atoms with Crippen molar-refractivity contribution < 1.29 is 33.5 Å². The minimum Gasteiger partial charge on any atom is -0.493 e. The lowest BCUT2D eigenvalue weighted by Gasteiger charge is -2.19. The van der Waals surface area contributed by atoms with Crippen LogP contribution < -0.4 is 24.4 Å². The average Bonchev–Trinajstić information content (AvgIpc) is 3.77. The van der Waals surface area contributed by atoms with Gasteiger partial charge in [-0.2, -0.15) is 0 Å². The van der Waals surface area contributed by atoms with E-state index in [2.05, 4.69) is 15.3 Å². The topological polar surface area (TPSA) is 163 Å². The maximum Gasteiger partial charge on any atom is 0.434 e. The normalized spacial score (nSPS) is 13.9. The van der Waals surface area contributed by atoms with Crippen LogP contribution in [0.1, 0.15) is 27.7 Å². The molecule has 46 heavy (non-hydrogen) atoms. The molecule has 0 bridgehead atoms. The fraction of sp³-hybridized carbons (Fsp3) is 0.258. The summed E-state index contributed by atoms with van der Waals surface area (Å²) in [6, 6.07) is 12.7. The number of imidazole rings is 1. The van der Waals surface area contributed by atoms with Gasteiger partial charge in [0.05, 0.1) is 45.3 Å². The fourth-order valence-electron chi connectivity index (χ4n) is 5.90. The summed E-state index contributed by atoms with van der Waals surface area (Å²) in [4.78, 5) is 46.2. The highest BCUT2D eigenvalue weighted by molar-refractivity contribution is 6.20. The van der Waals surface area contributed by atoms with Crippen LogP contribution in [0, 0.1) is 10.1 Å². The Morgan fingerprint density at radius 2 is 1.85 bits per heavy atom. The third-order valence-corrected chi connectivity index (χ3v) is 8.43. The largest absolute Gasteiger partial charge is 0.493 e. The predicted octanol–water partition coefficient (Wildman–Crippen LogP) is 5.72. The Labute approximate surface area is 266 Å². The van der Waals surface area contributed by atoms with Crippen LogP contribution in [0.4, 0.5) is 22.1 Å². The second-order valence-electron chi connectivity index (χ2n) is 10.5. The molecule has 0 radical (unpaired) electrons. The number of aromatic nitrogens is 3. The minimum atomic E-state index is -0.788. The number of halogens is 1. The molecule has 2 amide bonds. The van der Waals surface area contributed by atoms with Gasteiger partial charge in [-0.05, 0) is 34.1 Å². The molecule has 0 aliphatic carbocycles. The predicted molar refractivity (Wildman–Crippen MR) is 171 cm³/mol. The first-order valence-electron chi connectivity index (χ1n) is 14.0. The number of carbonyl (C=O) groups excluding carboxylic acids is 2. The summed E-state index contributed by atoms with van der Waals surface area (Å²) in [5.41, 5.74) is 3.10. The number of H-pyrrole nitrogens is 1. The van der Waals surface area contributed by atoms with Crippen LogP contribution in [0.15, 0.2) is 48.7 Å². The van der Waals surface area contributed by atoms with Crippen LogP contribution in [0.2, 0.25) is 0 Å². The molecule has 3 aromatic carbocycles. The molecule has 238 valence electrons. The Morgan fingerprint density at radius 1 is 1.11 bits per heavy atom. The van der Waals surface area contributed by atoms with Gasteiger partial charge in [-0.3, -0.25) is 10.1 Å². The summed E-state index contributed by atoms with van der Waals surface area (Å²) in [6.07, 6.45) is 0.488. The number of fused-ring (bicyclic) bond motifs is 4. The molecule has 6 rings (SSSR count). The van der Waals surface area contributed by atoms with E-state index in [1.165, 1.54) is 39.1 Å². The second kappa shape index (κ2) is 12.1. The number of aromatic amines is 1. The minimum absolute atomic E-state index is 0.175. The van der Waals surface area contributed by atoms with Gasteiger partial charge in [-0.1, -0.05) is 29.2 Å². The molecular formula is C31H29ClN6O8. The van der Waals surface area contributed by atoms with Crippen LogP contribution in [-0.4, -0.2) is 65.2 Å². The number of benzene rings is 3. The Hall–Kier alpha value is -5.50. The molecule has 0 saturated heterocycles. The van der Waals surface area contributed by atoms with E-state index in [1.807, 2.05) is 24.3 Å². The molecule has 1 aliphatic heterocycles. The Morgan fingerprint density at radius 3 is 2.50 bits per heavy atom. The van der Waals surface area contributed by atoms with Crippen LogP contribution in [0.5, 0.6) is 17.2 Å². The SMILES string of the molecule is COc1cc2cc(C(=O)N3CC(CCl)c4c3cc(NC(=O)OCc3cnc([N+](=O)[O-])n3C)c3ccccc43)[nH]c2c(OC)c1OC. The zero-order valence-electron chi connectivity index (χ0n) is 25.3. The maximum atomic E-state index is 14.1. The van der Waals surface area contributed by atoms with Crippen molar-refractivity contribution in [3.05, 3.63) is 75.7 Å². The molecular weight excluding hydrogens is 620 g/mol. The number of alkyl halides is 1. The van der Waals surface area contributed by atoms with Crippen LogP contribution in [0.3, 0.4) is 0 Å². The number of nitrogens with zero attached hydrogens (tertiary/aromatic N) is 4. The van der Waals surface area contributed by atoms with Gasteiger partial charge < -0.3 is 38.9 Å². The number of amides is 2. The van der Waals surface area contributed by atoms with Gasteiger partial charge in [0.25, 0.3) is 5.91 Å². The standard InChI is InChI=1S/C31H29ClN6O8/c1-36-18(13-33-30(36)38(41)42)15-46-31(40)35-21-11-23-25(20-8-6-5-7-19(20)21)17(12-32)14-37(23)29(39)22-9-16-10-24(43-2)27(44-3)28(45-4)26(16)34-22/h5-11,13,17,34H,12,14-15H2,1-4H3,(H,35,40). The number of nitrogens with one attached hydrogen (secondary N) is 2. The summed E-state index contributed by atoms with van der Waals surface area (Å²) in [5, 5.41) is 16.1. The first-order chi connectivity index (χ1) is 22.2. The van der Waals surface area contributed by atoms with Gasteiger partial charge in [0.1, 0.15) is 11.9 Å². The lowest BCUT2D eigenvalue weighted by Crippen LogP contribution is -2.30. The Bertz CT molecular complexity index is 2020. The lowest BCUT2D eigenvalue weighted by atomic mass is 9.95. The zero-order valence-corrected chi connectivity index (χ0v) is 26.0. The van der Waals surface area contributed by atoms with E-state index in [9.17, 15) is 19.7 Å². The van der Waals surface area contributed by atoms with Gasteiger partial charge >= 0.3 is 12.0 Å². The quantitative estimate of drug-likeness (QED) is 0.116. The number of methoxy groups -OCH3 is 3. The smallest absolute Gasteiger partial charge is 0.434 e. The van der Waals surface area contributed by atoms with Gasteiger partial charge in [0, 0.05) is 29.1 Å². The molecule has 5 aromatic rings. The monoisotopic (exact) mass is 648 g/mol. The number of hydrogen-bond acceptors (Lipinski definition) is 9. The third kappa shape index (κ3) is 5.05. The van der Waals surface area contributed by atoms with Crippen LogP contribution >= 0.6 is 11.6 Å². The highest BCUT2D eigenvalue weighted by atomic mass is 35.5. The van der Waals surface area contributed by atoms with Crippen molar-refractivity contribution in [1.82, 2.24) is 14.5 Å². The van der Waals surface area contributed by atoms with Crippen molar-refractivity contribution in [1.29, 1.82) is 0 Å². The number of hydrogen-bond donors (Lipinski definition) is 2. The molecule has 14 nitrogen and oxygen atoms in total. The van der Waals surface area contributed by atoms with Crippen LogP contribution in [-0.2, 0) is 18.4 Å². The Kier molecular flexibility index (Phi) is 8.04. The van der Waals surface area contributed by atoms with E-state index in [-0.39, 0.29) is 30.3 Å². The van der Waals surface area contributed by atoms with Crippen molar-refractivity contribution in [3.8, 4) is 17.2 Å². The van der Waals surface area contributed by atoms with Crippen LogP contribution in [0.25, 0.3) is 21.7 Å². The van der Waals surface area contributed by atoms with Gasteiger partial charge in [-0.25, -0.2) is 9.36 Å². The summed E-state index contributed by atoms with van der Waals surface area (Å²) in [7, 11) is 5.99. The molecule has 1 unspecified atom stereocenters. The number of carbonyl (C=O) groups is 2. The molecule has 0 saturated carbocycles. The maximum absolute atomic E-state index is 14.1. The number of nitro groups is 1. The van der Waals surface area contributed by atoms with Crippen molar-refractivity contribution in [2.24, 2.45) is 7.05 Å².